The summed E-state index contributed by atoms with van der Waals surface area (Å²) in [6.45, 7) is 4.23. The smallest absolute Gasteiger partial charge is 0.338 e. The molecule has 1 aliphatic heterocycles. The standard InChI is InChI=1S/C29H34ClN5O5S/c1-14-10-18(25-24(31-14)21(13-41-25)29(38)39)19-12-22(30)26(36)33-27(19)40-9-8-35-15(2)32-23-7-6-17(11-20(23)28(35)37)34(3)16-4-5-16/h12-14,16-18,31H,4-11H2,1-3H3,(H,33,36)(H,38,39)/t14?,17-,18?/m1/s1. The molecule has 3 atom stereocenters. The number of aryl methyl sites for hydroxylation is 2. The number of hydrogen-bond acceptors (Lipinski definition) is 8. The topological polar surface area (TPSA) is 130 Å². The van der Waals surface area contributed by atoms with Crippen molar-refractivity contribution in [3.63, 3.8) is 0 Å². The highest BCUT2D eigenvalue weighted by atomic mass is 35.5. The molecule has 0 amide bonds. The Morgan fingerprint density at radius 2 is 2.07 bits per heavy atom. The normalized spacial score (nSPS) is 21.7. The van der Waals surface area contributed by atoms with Gasteiger partial charge in [0, 0.05) is 45.4 Å². The predicted molar refractivity (Wildman–Crippen MR) is 158 cm³/mol. The van der Waals surface area contributed by atoms with E-state index >= 15 is 0 Å². The maximum atomic E-state index is 13.6. The second-order valence-electron chi connectivity index (χ2n) is 11.4. The molecule has 1 saturated carbocycles. The summed E-state index contributed by atoms with van der Waals surface area (Å²) < 4.78 is 7.81. The van der Waals surface area contributed by atoms with Gasteiger partial charge in [-0.05, 0) is 65.5 Å². The summed E-state index contributed by atoms with van der Waals surface area (Å²) in [5, 5.41) is 14.6. The Balaban J connectivity index is 1.25. The third-order valence-electron chi connectivity index (χ3n) is 8.66. The average molecular weight is 600 g/mol. The fourth-order valence-electron chi connectivity index (χ4n) is 6.29. The van der Waals surface area contributed by atoms with Gasteiger partial charge in [0.15, 0.2) is 5.88 Å². The monoisotopic (exact) mass is 599 g/mol. The van der Waals surface area contributed by atoms with Crippen LogP contribution in [0.2, 0.25) is 5.02 Å². The first-order chi connectivity index (χ1) is 19.6. The van der Waals surface area contributed by atoms with E-state index in [4.69, 9.17) is 21.3 Å². The second-order valence-corrected chi connectivity index (χ2v) is 12.8. The van der Waals surface area contributed by atoms with E-state index in [1.807, 2.05) is 13.8 Å². The molecule has 3 aromatic rings. The zero-order chi connectivity index (χ0) is 29.0. The number of likely N-dealkylation sites (N-methyl/N-ethyl adjacent to an activating group) is 1. The van der Waals surface area contributed by atoms with E-state index in [1.165, 1.54) is 24.2 Å². The molecule has 1 fully saturated rings. The lowest BCUT2D eigenvalue weighted by Gasteiger charge is -2.32. The van der Waals surface area contributed by atoms with Gasteiger partial charge in [-0.2, -0.15) is 0 Å². The average Bonchev–Trinajstić information content (AvgIpc) is 3.70. The number of aromatic nitrogens is 3. The summed E-state index contributed by atoms with van der Waals surface area (Å²) in [5.41, 5.74) is 2.70. The summed E-state index contributed by atoms with van der Waals surface area (Å²) in [7, 11) is 2.16. The lowest BCUT2D eigenvalue weighted by atomic mass is 9.87. The number of rotatable bonds is 8. The van der Waals surface area contributed by atoms with E-state index in [2.05, 4.69) is 22.2 Å². The summed E-state index contributed by atoms with van der Waals surface area (Å²) in [6.07, 6.45) is 5.65. The highest BCUT2D eigenvalue weighted by molar-refractivity contribution is 7.11. The molecular weight excluding hydrogens is 566 g/mol. The summed E-state index contributed by atoms with van der Waals surface area (Å²) in [5.74, 6) is -0.298. The number of nitrogens with zero attached hydrogens (tertiary/aromatic N) is 3. The predicted octanol–water partition coefficient (Wildman–Crippen LogP) is 4.02. The first-order valence-corrected chi connectivity index (χ1v) is 15.4. The molecule has 0 saturated heterocycles. The van der Waals surface area contributed by atoms with E-state index in [0.717, 1.165) is 29.0 Å². The molecule has 10 nitrogen and oxygen atoms in total. The Kier molecular flexibility index (Phi) is 7.46. The van der Waals surface area contributed by atoms with Gasteiger partial charge in [0.1, 0.15) is 17.5 Å². The van der Waals surface area contributed by atoms with Gasteiger partial charge in [0.25, 0.3) is 11.1 Å². The van der Waals surface area contributed by atoms with Gasteiger partial charge in [-0.3, -0.25) is 19.1 Å². The maximum absolute atomic E-state index is 13.6. The van der Waals surface area contributed by atoms with Crippen LogP contribution in [0.25, 0.3) is 0 Å². The van der Waals surface area contributed by atoms with E-state index in [0.29, 0.717) is 42.0 Å². The van der Waals surface area contributed by atoms with E-state index < -0.39 is 11.5 Å². The van der Waals surface area contributed by atoms with Crippen LogP contribution in [0.1, 0.15) is 76.4 Å². The van der Waals surface area contributed by atoms with Gasteiger partial charge in [-0.25, -0.2) is 9.78 Å². The molecule has 0 spiro atoms. The molecule has 4 heterocycles. The Bertz CT molecular complexity index is 1630. The van der Waals surface area contributed by atoms with Gasteiger partial charge in [0.05, 0.1) is 23.5 Å². The minimum Gasteiger partial charge on any atom is -0.478 e. The van der Waals surface area contributed by atoms with Gasteiger partial charge in [-0.1, -0.05) is 11.6 Å². The quantitative estimate of drug-likeness (QED) is 0.354. The summed E-state index contributed by atoms with van der Waals surface area (Å²) in [4.78, 5) is 48.7. The van der Waals surface area contributed by atoms with Crippen molar-refractivity contribution in [1.82, 2.24) is 19.4 Å². The van der Waals surface area contributed by atoms with Crippen molar-refractivity contribution in [1.29, 1.82) is 0 Å². The Morgan fingerprint density at radius 1 is 1.29 bits per heavy atom. The molecule has 3 aliphatic rings. The number of carboxylic acid groups (broad SMARTS) is 1. The third-order valence-corrected chi connectivity index (χ3v) is 10.0. The minimum atomic E-state index is -0.996. The highest BCUT2D eigenvalue weighted by Gasteiger charge is 2.35. The Labute approximate surface area is 246 Å². The molecule has 218 valence electrons. The second kappa shape index (κ2) is 10.9. The number of nitrogens with one attached hydrogen (secondary N) is 2. The number of aromatic carboxylic acids is 1. The van der Waals surface area contributed by atoms with Crippen LogP contribution < -0.4 is 21.2 Å². The Hall–Kier alpha value is -3.15. The van der Waals surface area contributed by atoms with Crippen molar-refractivity contribution >= 4 is 34.6 Å². The van der Waals surface area contributed by atoms with Crippen LogP contribution in [0.3, 0.4) is 0 Å². The maximum Gasteiger partial charge on any atom is 0.338 e. The summed E-state index contributed by atoms with van der Waals surface area (Å²) >= 11 is 7.62. The van der Waals surface area contributed by atoms with Gasteiger partial charge < -0.3 is 20.1 Å². The Morgan fingerprint density at radius 3 is 2.80 bits per heavy atom. The zero-order valence-electron chi connectivity index (χ0n) is 23.3. The fraction of sp³-hybridized carbons (Fsp3) is 0.517. The molecule has 2 aliphatic carbocycles. The number of carboxylic acids is 1. The van der Waals surface area contributed by atoms with Crippen LogP contribution in [0.5, 0.6) is 5.88 Å². The van der Waals surface area contributed by atoms with E-state index in [1.54, 1.807) is 16.0 Å². The molecule has 3 aromatic heterocycles. The van der Waals surface area contributed by atoms with Crippen LogP contribution in [-0.4, -0.2) is 62.3 Å². The molecule has 12 heteroatoms. The van der Waals surface area contributed by atoms with Crippen molar-refractivity contribution in [2.45, 2.75) is 83.0 Å². The zero-order valence-corrected chi connectivity index (χ0v) is 24.9. The largest absolute Gasteiger partial charge is 0.478 e. The fourth-order valence-corrected chi connectivity index (χ4v) is 7.59. The number of aromatic amines is 1. The summed E-state index contributed by atoms with van der Waals surface area (Å²) in [6, 6.07) is 2.59. The number of thiophene rings is 1. The first kappa shape index (κ1) is 28.0. The number of anilines is 1. The van der Waals surface area contributed by atoms with Crippen LogP contribution in [0.15, 0.2) is 21.0 Å². The molecular formula is C29H34ClN5O5S. The van der Waals surface area contributed by atoms with E-state index in [-0.39, 0.29) is 47.1 Å². The molecule has 3 N–H and O–H groups in total. The van der Waals surface area contributed by atoms with E-state index in [9.17, 15) is 19.5 Å². The molecule has 0 radical (unpaired) electrons. The molecule has 41 heavy (non-hydrogen) atoms. The van der Waals surface area contributed by atoms with Crippen LogP contribution in [0.4, 0.5) is 5.69 Å². The van der Waals surface area contributed by atoms with Crippen LogP contribution >= 0.6 is 22.9 Å². The number of pyridine rings is 1. The number of halogens is 1. The minimum absolute atomic E-state index is 0.00987. The van der Waals surface area contributed by atoms with Gasteiger partial charge in [0.2, 0.25) is 0 Å². The molecule has 6 rings (SSSR count). The van der Waals surface area contributed by atoms with Gasteiger partial charge >= 0.3 is 5.97 Å². The van der Waals surface area contributed by atoms with Gasteiger partial charge in [-0.15, -0.1) is 11.3 Å². The van der Waals surface area contributed by atoms with Crippen molar-refractivity contribution in [3.8, 4) is 5.88 Å². The highest BCUT2D eigenvalue weighted by Crippen LogP contribution is 2.46. The molecule has 0 bridgehead atoms. The van der Waals surface area contributed by atoms with Crippen LogP contribution in [0, 0.1) is 6.92 Å². The first-order valence-electron chi connectivity index (χ1n) is 14.1. The molecule has 0 aromatic carbocycles. The number of ether oxygens (including phenoxy) is 1. The van der Waals surface area contributed by atoms with Crippen molar-refractivity contribution in [2.75, 3.05) is 19.0 Å². The number of hydrogen-bond donors (Lipinski definition) is 3. The number of H-pyrrole nitrogens is 1. The number of fused-ring (bicyclic) bond motifs is 2. The van der Waals surface area contributed by atoms with Crippen molar-refractivity contribution < 1.29 is 14.6 Å². The third kappa shape index (κ3) is 5.30. The van der Waals surface area contributed by atoms with Crippen LogP contribution in [-0.2, 0) is 19.4 Å². The number of carbonyl (C=O) groups is 1. The van der Waals surface area contributed by atoms with Crippen molar-refractivity contribution in [3.05, 3.63) is 70.3 Å². The molecule has 2 unspecified atom stereocenters. The SMILES string of the molecule is Cc1nc2c(c(=O)n1CCOc1[nH]c(=O)c(Cl)cc1C1CC(C)Nc3c(C(=O)O)csc31)C[C@H](N(C)C1CC1)CC2. The lowest BCUT2D eigenvalue weighted by molar-refractivity contribution is 0.0698. The van der Waals surface area contributed by atoms with Crippen molar-refractivity contribution in [2.24, 2.45) is 0 Å². The lowest BCUT2D eigenvalue weighted by Crippen LogP contribution is -2.42.